The van der Waals surface area contributed by atoms with Crippen molar-refractivity contribution in [2.45, 2.75) is 19.3 Å². The molecule has 0 heterocycles. The lowest BCUT2D eigenvalue weighted by Crippen LogP contribution is -2.36. The molecule has 2 N–H and O–H groups in total. The molecular formula is C9H16N2O4. The van der Waals surface area contributed by atoms with Crippen LogP contribution in [0.3, 0.4) is 0 Å². The second kappa shape index (κ2) is 6.80. The van der Waals surface area contributed by atoms with E-state index in [1.54, 1.807) is 0 Å². The third-order valence-electron chi connectivity index (χ3n) is 1.87. The molecule has 0 aromatic heterocycles. The van der Waals surface area contributed by atoms with Crippen LogP contribution in [0.15, 0.2) is 0 Å². The molecule has 0 aliphatic heterocycles. The number of aliphatic carboxylic acids is 1. The summed E-state index contributed by atoms with van der Waals surface area (Å²) in [5.74, 6) is -1.39. The van der Waals surface area contributed by atoms with E-state index in [1.807, 2.05) is 0 Å². The van der Waals surface area contributed by atoms with Crippen LogP contribution < -0.4 is 5.32 Å². The number of nitrogens with zero attached hydrogens (tertiary/aromatic N) is 1. The van der Waals surface area contributed by atoms with E-state index in [0.717, 1.165) is 0 Å². The van der Waals surface area contributed by atoms with Crippen molar-refractivity contribution >= 4 is 17.8 Å². The fraction of sp³-hybridized carbons (Fsp3) is 0.667. The Morgan fingerprint density at radius 2 is 1.87 bits per heavy atom. The smallest absolute Gasteiger partial charge is 0.303 e. The molecule has 6 heteroatoms. The van der Waals surface area contributed by atoms with Gasteiger partial charge in [0.05, 0.1) is 6.54 Å². The number of likely N-dealkylation sites (N-methyl/N-ethyl adjacent to an activating group) is 2. The average molecular weight is 216 g/mol. The largest absolute Gasteiger partial charge is 0.481 e. The number of rotatable bonds is 6. The zero-order chi connectivity index (χ0) is 11.8. The van der Waals surface area contributed by atoms with Crippen molar-refractivity contribution in [3.05, 3.63) is 0 Å². The Morgan fingerprint density at radius 1 is 1.27 bits per heavy atom. The molecule has 0 aliphatic rings. The minimum absolute atomic E-state index is 0.00239. The number of carbonyl (C=O) groups excluding carboxylic acids is 2. The van der Waals surface area contributed by atoms with Crippen LogP contribution >= 0.6 is 0 Å². The van der Waals surface area contributed by atoms with Gasteiger partial charge in [0.1, 0.15) is 0 Å². The van der Waals surface area contributed by atoms with E-state index in [0.29, 0.717) is 6.42 Å². The predicted molar refractivity (Wildman–Crippen MR) is 53.2 cm³/mol. The Balaban J connectivity index is 3.79. The molecule has 86 valence electrons. The molecule has 0 aliphatic carbocycles. The van der Waals surface area contributed by atoms with Gasteiger partial charge in [-0.15, -0.1) is 0 Å². The number of hydrogen-bond donors (Lipinski definition) is 2. The summed E-state index contributed by atoms with van der Waals surface area (Å²) in [6.07, 6.45) is 0.422. The maximum Gasteiger partial charge on any atom is 0.303 e. The van der Waals surface area contributed by atoms with Gasteiger partial charge in [0.25, 0.3) is 0 Å². The first-order valence-corrected chi connectivity index (χ1v) is 4.63. The summed E-state index contributed by atoms with van der Waals surface area (Å²) < 4.78 is 0. The molecule has 0 aromatic rings. The summed E-state index contributed by atoms with van der Waals surface area (Å²) >= 11 is 0. The van der Waals surface area contributed by atoms with E-state index in [1.165, 1.54) is 19.0 Å². The van der Waals surface area contributed by atoms with Crippen molar-refractivity contribution in [2.75, 3.05) is 20.6 Å². The van der Waals surface area contributed by atoms with Crippen LogP contribution in [0.4, 0.5) is 0 Å². The van der Waals surface area contributed by atoms with Crippen LogP contribution in [0.5, 0.6) is 0 Å². The maximum atomic E-state index is 11.3. The lowest BCUT2D eigenvalue weighted by Gasteiger charge is -2.15. The summed E-state index contributed by atoms with van der Waals surface area (Å²) in [5.41, 5.74) is 0. The fourth-order valence-corrected chi connectivity index (χ4v) is 0.964. The van der Waals surface area contributed by atoms with Crippen LogP contribution in [-0.4, -0.2) is 48.4 Å². The second-order valence-electron chi connectivity index (χ2n) is 3.17. The van der Waals surface area contributed by atoms with Crippen molar-refractivity contribution in [2.24, 2.45) is 0 Å². The maximum absolute atomic E-state index is 11.3. The third kappa shape index (κ3) is 6.48. The number of carbonyl (C=O) groups is 3. The van der Waals surface area contributed by atoms with Crippen molar-refractivity contribution in [1.82, 2.24) is 10.2 Å². The molecule has 6 nitrogen and oxygen atoms in total. The van der Waals surface area contributed by atoms with E-state index in [2.05, 4.69) is 5.32 Å². The lowest BCUT2D eigenvalue weighted by atomic mass is 10.2. The predicted octanol–water partition coefficient (Wildman–Crippen LogP) is -0.554. The van der Waals surface area contributed by atoms with Crippen LogP contribution in [0.1, 0.15) is 19.3 Å². The number of carboxylic acid groups (broad SMARTS) is 1. The summed E-state index contributed by atoms with van der Waals surface area (Å²) in [4.78, 5) is 33.7. The molecule has 0 fully saturated rings. The summed E-state index contributed by atoms with van der Waals surface area (Å²) in [5, 5.41) is 10.8. The van der Waals surface area contributed by atoms with Crippen molar-refractivity contribution in [1.29, 1.82) is 0 Å². The summed E-state index contributed by atoms with van der Waals surface area (Å²) in [6.45, 7) is 0.00239. The first-order chi connectivity index (χ1) is 6.97. The Labute approximate surface area is 88.2 Å². The SMILES string of the molecule is CNC(=O)CN(C)C(=O)CCCC(=O)O. The molecule has 2 amide bonds. The molecule has 15 heavy (non-hydrogen) atoms. The van der Waals surface area contributed by atoms with E-state index in [4.69, 9.17) is 5.11 Å². The highest BCUT2D eigenvalue weighted by Crippen LogP contribution is 1.99. The zero-order valence-corrected chi connectivity index (χ0v) is 8.95. The minimum atomic E-state index is -0.920. The summed E-state index contributed by atoms with van der Waals surface area (Å²) in [6, 6.07) is 0. The first kappa shape index (κ1) is 13.4. The molecule has 0 bridgehead atoms. The van der Waals surface area contributed by atoms with E-state index in [9.17, 15) is 14.4 Å². The second-order valence-corrected chi connectivity index (χ2v) is 3.17. The molecule has 0 saturated carbocycles. The van der Waals surface area contributed by atoms with Crippen LogP contribution in [0, 0.1) is 0 Å². The van der Waals surface area contributed by atoms with Gasteiger partial charge in [-0.2, -0.15) is 0 Å². The van der Waals surface area contributed by atoms with Gasteiger partial charge in [-0.3, -0.25) is 14.4 Å². The average Bonchev–Trinajstić information content (AvgIpc) is 2.16. The lowest BCUT2D eigenvalue weighted by molar-refractivity contribution is -0.138. The number of nitrogens with one attached hydrogen (secondary N) is 1. The third-order valence-corrected chi connectivity index (χ3v) is 1.87. The highest BCUT2D eigenvalue weighted by molar-refractivity contribution is 5.84. The molecule has 0 rings (SSSR count). The molecule has 0 atom stereocenters. The number of carboxylic acids is 1. The van der Waals surface area contributed by atoms with Crippen molar-refractivity contribution in [3.8, 4) is 0 Å². The van der Waals surface area contributed by atoms with Crippen molar-refractivity contribution in [3.63, 3.8) is 0 Å². The zero-order valence-electron chi connectivity index (χ0n) is 8.95. The standard InChI is InChI=1S/C9H16N2O4/c1-10-7(12)6-11(2)8(13)4-3-5-9(14)15/h3-6H2,1-2H3,(H,10,12)(H,14,15). The van der Waals surface area contributed by atoms with Gasteiger partial charge in [0.2, 0.25) is 11.8 Å². The molecular weight excluding hydrogens is 200 g/mol. The highest BCUT2D eigenvalue weighted by atomic mass is 16.4. The van der Waals surface area contributed by atoms with Crippen LogP contribution in [0.2, 0.25) is 0 Å². The number of hydrogen-bond acceptors (Lipinski definition) is 3. The molecule has 0 radical (unpaired) electrons. The highest BCUT2D eigenvalue weighted by Gasteiger charge is 2.11. The molecule has 0 aromatic carbocycles. The van der Waals surface area contributed by atoms with Gasteiger partial charge in [0, 0.05) is 26.9 Å². The molecule has 0 unspecified atom stereocenters. The Hall–Kier alpha value is -1.59. The molecule has 0 saturated heterocycles. The Morgan fingerprint density at radius 3 is 2.33 bits per heavy atom. The Kier molecular flexibility index (Phi) is 6.08. The van der Waals surface area contributed by atoms with Crippen molar-refractivity contribution < 1.29 is 19.5 Å². The normalized spacial score (nSPS) is 9.47. The van der Waals surface area contributed by atoms with Crippen LogP contribution in [0.25, 0.3) is 0 Å². The van der Waals surface area contributed by atoms with Gasteiger partial charge in [-0.05, 0) is 6.42 Å². The molecule has 0 spiro atoms. The van der Waals surface area contributed by atoms with Gasteiger partial charge in [-0.25, -0.2) is 0 Å². The van der Waals surface area contributed by atoms with E-state index in [-0.39, 0.29) is 31.2 Å². The quantitative estimate of drug-likeness (QED) is 0.623. The van der Waals surface area contributed by atoms with Gasteiger partial charge in [0.15, 0.2) is 0 Å². The van der Waals surface area contributed by atoms with E-state index < -0.39 is 5.97 Å². The van der Waals surface area contributed by atoms with E-state index >= 15 is 0 Å². The fourth-order valence-electron chi connectivity index (χ4n) is 0.964. The summed E-state index contributed by atoms with van der Waals surface area (Å²) in [7, 11) is 3.00. The monoisotopic (exact) mass is 216 g/mol. The number of amides is 2. The topological polar surface area (TPSA) is 86.7 Å². The van der Waals surface area contributed by atoms with Gasteiger partial charge < -0.3 is 15.3 Å². The van der Waals surface area contributed by atoms with Gasteiger partial charge >= 0.3 is 5.97 Å². The Bertz CT molecular complexity index is 252. The minimum Gasteiger partial charge on any atom is -0.481 e. The van der Waals surface area contributed by atoms with Crippen LogP contribution in [-0.2, 0) is 14.4 Å². The first-order valence-electron chi connectivity index (χ1n) is 4.63. The van der Waals surface area contributed by atoms with Gasteiger partial charge in [-0.1, -0.05) is 0 Å².